The molecular formula is C22H28N2O5S. The zero-order valence-corrected chi connectivity index (χ0v) is 18.7. The Labute approximate surface area is 180 Å². The number of carbonyl (C=O) groups excluding carboxylic acids is 2. The van der Waals surface area contributed by atoms with Gasteiger partial charge in [0.25, 0.3) is 11.8 Å². The van der Waals surface area contributed by atoms with Gasteiger partial charge in [0, 0.05) is 17.0 Å². The fourth-order valence-electron chi connectivity index (χ4n) is 3.61. The van der Waals surface area contributed by atoms with Crippen LogP contribution in [-0.2, 0) is 12.8 Å². The van der Waals surface area contributed by atoms with Crippen LogP contribution in [0.2, 0.25) is 0 Å². The van der Waals surface area contributed by atoms with Crippen molar-refractivity contribution in [1.29, 1.82) is 0 Å². The van der Waals surface area contributed by atoms with E-state index in [1.165, 1.54) is 37.5 Å². The number of amides is 2. The maximum atomic E-state index is 13.1. The summed E-state index contributed by atoms with van der Waals surface area (Å²) in [4.78, 5) is 27.1. The molecule has 0 unspecified atom stereocenters. The van der Waals surface area contributed by atoms with Crippen molar-refractivity contribution >= 4 is 28.2 Å². The predicted molar refractivity (Wildman–Crippen MR) is 118 cm³/mol. The van der Waals surface area contributed by atoms with Crippen LogP contribution in [0, 0.1) is 0 Å². The lowest BCUT2D eigenvalue weighted by Gasteiger charge is -2.14. The van der Waals surface area contributed by atoms with E-state index in [0.717, 1.165) is 37.7 Å². The van der Waals surface area contributed by atoms with E-state index in [1.807, 2.05) is 6.92 Å². The number of rotatable bonds is 8. The van der Waals surface area contributed by atoms with Crippen molar-refractivity contribution < 1.29 is 23.8 Å². The fraction of sp³-hybridized carbons (Fsp3) is 0.455. The smallest absolute Gasteiger partial charge is 0.256 e. The summed E-state index contributed by atoms with van der Waals surface area (Å²) < 4.78 is 16.0. The van der Waals surface area contributed by atoms with Gasteiger partial charge < -0.3 is 24.8 Å². The highest BCUT2D eigenvalue weighted by Crippen LogP contribution is 2.40. The summed E-state index contributed by atoms with van der Waals surface area (Å²) >= 11 is 1.49. The molecule has 1 aliphatic carbocycles. The number of hydrogen-bond donors (Lipinski definition) is 2. The Hall–Kier alpha value is -2.74. The number of fused-ring (bicyclic) bond motifs is 1. The quantitative estimate of drug-likeness (QED) is 0.657. The molecule has 0 atom stereocenters. The molecule has 0 aliphatic heterocycles. The molecule has 2 N–H and O–H groups in total. The average Bonchev–Trinajstić information content (AvgIpc) is 3.13. The minimum Gasteiger partial charge on any atom is -0.493 e. The maximum absolute atomic E-state index is 13.1. The second-order valence-corrected chi connectivity index (χ2v) is 8.14. The largest absolute Gasteiger partial charge is 0.493 e. The molecule has 2 amide bonds. The normalized spacial score (nSPS) is 12.7. The van der Waals surface area contributed by atoms with E-state index in [2.05, 4.69) is 10.6 Å². The Balaban J connectivity index is 1.95. The summed E-state index contributed by atoms with van der Waals surface area (Å²) in [5.41, 5.74) is 2.03. The van der Waals surface area contributed by atoms with E-state index in [1.54, 1.807) is 12.1 Å². The van der Waals surface area contributed by atoms with Crippen LogP contribution in [0.5, 0.6) is 17.2 Å². The van der Waals surface area contributed by atoms with Gasteiger partial charge in [0.1, 0.15) is 5.00 Å². The molecule has 1 aromatic carbocycles. The molecule has 30 heavy (non-hydrogen) atoms. The molecular weight excluding hydrogens is 404 g/mol. The molecule has 2 aromatic rings. The minimum atomic E-state index is -0.336. The Morgan fingerprint density at radius 2 is 1.67 bits per heavy atom. The second-order valence-electron chi connectivity index (χ2n) is 7.04. The molecule has 0 radical (unpaired) electrons. The molecule has 0 bridgehead atoms. The first-order chi connectivity index (χ1) is 14.5. The van der Waals surface area contributed by atoms with E-state index in [9.17, 15) is 9.59 Å². The molecule has 7 nitrogen and oxygen atoms in total. The fourth-order valence-corrected chi connectivity index (χ4v) is 4.89. The van der Waals surface area contributed by atoms with Crippen molar-refractivity contribution in [3.05, 3.63) is 33.7 Å². The van der Waals surface area contributed by atoms with Crippen molar-refractivity contribution in [2.75, 3.05) is 33.2 Å². The van der Waals surface area contributed by atoms with Gasteiger partial charge in [-0.1, -0.05) is 6.92 Å². The van der Waals surface area contributed by atoms with Crippen LogP contribution in [-0.4, -0.2) is 39.7 Å². The number of anilines is 1. The lowest BCUT2D eigenvalue weighted by atomic mass is 9.95. The van der Waals surface area contributed by atoms with Crippen LogP contribution in [0.25, 0.3) is 0 Å². The molecule has 0 saturated heterocycles. The summed E-state index contributed by atoms with van der Waals surface area (Å²) in [7, 11) is 4.52. The highest BCUT2D eigenvalue weighted by atomic mass is 32.1. The van der Waals surface area contributed by atoms with E-state index in [0.29, 0.717) is 39.9 Å². The molecule has 8 heteroatoms. The Morgan fingerprint density at radius 3 is 2.27 bits per heavy atom. The minimum absolute atomic E-state index is 0.128. The third-order valence-electron chi connectivity index (χ3n) is 5.09. The van der Waals surface area contributed by atoms with Crippen molar-refractivity contribution in [3.63, 3.8) is 0 Å². The molecule has 0 saturated carbocycles. The van der Waals surface area contributed by atoms with Crippen LogP contribution in [0.4, 0.5) is 5.00 Å². The number of carbonyl (C=O) groups is 2. The van der Waals surface area contributed by atoms with E-state index >= 15 is 0 Å². The van der Waals surface area contributed by atoms with E-state index in [4.69, 9.17) is 14.2 Å². The van der Waals surface area contributed by atoms with Crippen LogP contribution in [0.1, 0.15) is 57.3 Å². The predicted octanol–water partition coefficient (Wildman–Crippen LogP) is 4.04. The first-order valence-corrected chi connectivity index (χ1v) is 10.9. The summed E-state index contributed by atoms with van der Waals surface area (Å²) in [6.45, 7) is 2.61. The lowest BCUT2D eigenvalue weighted by molar-refractivity contribution is 0.0954. The number of hydrogen-bond acceptors (Lipinski definition) is 6. The van der Waals surface area contributed by atoms with Gasteiger partial charge in [0.15, 0.2) is 11.5 Å². The van der Waals surface area contributed by atoms with Crippen LogP contribution >= 0.6 is 11.3 Å². The summed E-state index contributed by atoms with van der Waals surface area (Å²) in [5, 5.41) is 6.49. The zero-order chi connectivity index (χ0) is 21.7. The average molecular weight is 433 g/mol. The standard InChI is InChI=1S/C22H28N2O5S/c1-5-10-23-21(26)18-14-8-6-7-9-17(14)30-22(18)24-20(25)13-11-15(27-2)19(29-4)16(12-13)28-3/h11-12H,5-10H2,1-4H3,(H,23,26)(H,24,25). The Morgan fingerprint density at radius 1 is 1.00 bits per heavy atom. The highest BCUT2D eigenvalue weighted by Gasteiger charge is 2.27. The molecule has 1 heterocycles. The van der Waals surface area contributed by atoms with E-state index < -0.39 is 0 Å². The number of benzene rings is 1. The molecule has 162 valence electrons. The van der Waals surface area contributed by atoms with Crippen LogP contribution < -0.4 is 24.8 Å². The number of ether oxygens (including phenoxy) is 3. The molecule has 0 spiro atoms. The van der Waals surface area contributed by atoms with Gasteiger partial charge in [0.2, 0.25) is 5.75 Å². The maximum Gasteiger partial charge on any atom is 0.256 e. The monoisotopic (exact) mass is 432 g/mol. The van der Waals surface area contributed by atoms with Crippen LogP contribution in [0.15, 0.2) is 12.1 Å². The van der Waals surface area contributed by atoms with Gasteiger partial charge >= 0.3 is 0 Å². The Bertz CT molecular complexity index is 913. The molecule has 0 fully saturated rings. The lowest BCUT2D eigenvalue weighted by Crippen LogP contribution is -2.26. The molecule has 3 rings (SSSR count). The number of thiophene rings is 1. The topological polar surface area (TPSA) is 85.9 Å². The van der Waals surface area contributed by atoms with Gasteiger partial charge in [0.05, 0.1) is 26.9 Å². The van der Waals surface area contributed by atoms with Crippen molar-refractivity contribution in [2.45, 2.75) is 39.0 Å². The van der Waals surface area contributed by atoms with Gasteiger partial charge in [-0.2, -0.15) is 0 Å². The summed E-state index contributed by atoms with van der Waals surface area (Å²) in [5.74, 6) is 0.748. The Kier molecular flexibility index (Phi) is 7.20. The highest BCUT2D eigenvalue weighted by molar-refractivity contribution is 7.17. The van der Waals surface area contributed by atoms with Crippen molar-refractivity contribution in [3.8, 4) is 17.2 Å². The van der Waals surface area contributed by atoms with Gasteiger partial charge in [-0.25, -0.2) is 0 Å². The number of nitrogens with one attached hydrogen (secondary N) is 2. The SMILES string of the molecule is CCCNC(=O)c1c(NC(=O)c2cc(OC)c(OC)c(OC)c2)sc2c1CCCC2. The first kappa shape index (κ1) is 22.0. The van der Waals surface area contributed by atoms with Gasteiger partial charge in [-0.15, -0.1) is 11.3 Å². The third kappa shape index (κ3) is 4.38. The number of aryl methyl sites for hydroxylation is 1. The molecule has 1 aliphatic rings. The summed E-state index contributed by atoms with van der Waals surface area (Å²) in [6, 6.07) is 3.20. The second kappa shape index (κ2) is 9.84. The third-order valence-corrected chi connectivity index (χ3v) is 6.30. The van der Waals surface area contributed by atoms with Gasteiger partial charge in [-0.05, 0) is 49.8 Å². The van der Waals surface area contributed by atoms with Crippen LogP contribution in [0.3, 0.4) is 0 Å². The van der Waals surface area contributed by atoms with Crippen molar-refractivity contribution in [1.82, 2.24) is 5.32 Å². The van der Waals surface area contributed by atoms with Crippen molar-refractivity contribution in [2.24, 2.45) is 0 Å². The number of methoxy groups -OCH3 is 3. The summed E-state index contributed by atoms with van der Waals surface area (Å²) in [6.07, 6.45) is 4.81. The van der Waals surface area contributed by atoms with Gasteiger partial charge in [-0.3, -0.25) is 9.59 Å². The zero-order valence-electron chi connectivity index (χ0n) is 17.8. The molecule has 1 aromatic heterocycles. The van der Waals surface area contributed by atoms with E-state index in [-0.39, 0.29) is 11.8 Å². The first-order valence-electron chi connectivity index (χ1n) is 10.1.